The molecule has 26 heavy (non-hydrogen) atoms. The summed E-state index contributed by atoms with van der Waals surface area (Å²) in [7, 11) is 0. The lowest BCUT2D eigenvalue weighted by Crippen LogP contribution is -2.27. The van der Waals surface area contributed by atoms with Gasteiger partial charge in [-0.1, -0.05) is 23.9 Å². The molecule has 1 saturated heterocycles. The Kier molecular flexibility index (Phi) is 5.98. The molecule has 0 saturated carbocycles. The summed E-state index contributed by atoms with van der Waals surface area (Å²) in [6, 6.07) is 7.43. The van der Waals surface area contributed by atoms with Crippen molar-refractivity contribution in [2.45, 2.75) is 38.5 Å². The third-order valence-electron chi connectivity index (χ3n) is 4.42. The van der Waals surface area contributed by atoms with Gasteiger partial charge in [-0.15, -0.1) is 0 Å². The molecule has 2 aromatic rings. The lowest BCUT2D eigenvalue weighted by molar-refractivity contribution is -0.118. The summed E-state index contributed by atoms with van der Waals surface area (Å²) < 4.78 is 5.44. The van der Waals surface area contributed by atoms with Crippen LogP contribution in [0.3, 0.4) is 0 Å². The molecule has 1 aromatic heterocycles. The molecule has 1 aliphatic heterocycles. The molecule has 2 amide bonds. The van der Waals surface area contributed by atoms with Gasteiger partial charge in [0.15, 0.2) is 0 Å². The molecular weight excluding hydrogens is 350 g/mol. The van der Waals surface area contributed by atoms with Crippen molar-refractivity contribution in [3.8, 4) is 0 Å². The molecule has 1 aromatic carbocycles. The number of benzene rings is 1. The zero-order valence-corrected chi connectivity index (χ0v) is 15.9. The number of thioether (sulfide) groups is 1. The standard InChI is InChI=1S/C19H23N3O3S/c1-13-14(2)25-19(21-13)26-12-17(23)20-11-15-5-7-16(8-6-15)18(24)22-9-3-4-10-22/h5-8H,3-4,9-12H2,1-2H3,(H,20,23). The van der Waals surface area contributed by atoms with Gasteiger partial charge < -0.3 is 14.6 Å². The Morgan fingerprint density at radius 3 is 2.50 bits per heavy atom. The highest BCUT2D eigenvalue weighted by atomic mass is 32.2. The van der Waals surface area contributed by atoms with Gasteiger partial charge in [-0.25, -0.2) is 4.98 Å². The van der Waals surface area contributed by atoms with Crippen molar-refractivity contribution in [2.75, 3.05) is 18.8 Å². The van der Waals surface area contributed by atoms with E-state index in [4.69, 9.17) is 4.42 Å². The van der Waals surface area contributed by atoms with Gasteiger partial charge in [0, 0.05) is 25.2 Å². The Labute approximate surface area is 157 Å². The number of carbonyl (C=O) groups excluding carboxylic acids is 2. The van der Waals surface area contributed by atoms with Crippen molar-refractivity contribution in [3.05, 3.63) is 46.8 Å². The molecule has 6 nitrogen and oxygen atoms in total. The second-order valence-electron chi connectivity index (χ2n) is 6.38. The van der Waals surface area contributed by atoms with Gasteiger partial charge in [-0.2, -0.15) is 0 Å². The van der Waals surface area contributed by atoms with E-state index in [0.29, 0.717) is 17.3 Å². The first-order chi connectivity index (χ1) is 12.5. The van der Waals surface area contributed by atoms with E-state index >= 15 is 0 Å². The average Bonchev–Trinajstić information content (AvgIpc) is 3.28. The number of nitrogens with zero attached hydrogens (tertiary/aromatic N) is 2. The van der Waals surface area contributed by atoms with Crippen molar-refractivity contribution in [2.24, 2.45) is 0 Å². The summed E-state index contributed by atoms with van der Waals surface area (Å²) in [5.74, 6) is 1.04. The maximum atomic E-state index is 12.3. The van der Waals surface area contributed by atoms with E-state index in [0.717, 1.165) is 42.9 Å². The van der Waals surface area contributed by atoms with Gasteiger partial charge in [0.05, 0.1) is 11.4 Å². The number of rotatable bonds is 6. The van der Waals surface area contributed by atoms with Crippen LogP contribution in [-0.4, -0.2) is 40.5 Å². The topological polar surface area (TPSA) is 75.4 Å². The van der Waals surface area contributed by atoms with E-state index in [2.05, 4.69) is 10.3 Å². The first-order valence-corrected chi connectivity index (χ1v) is 9.73. The fraction of sp³-hybridized carbons (Fsp3) is 0.421. The van der Waals surface area contributed by atoms with Crippen molar-refractivity contribution < 1.29 is 14.0 Å². The number of nitrogens with one attached hydrogen (secondary N) is 1. The smallest absolute Gasteiger partial charge is 0.256 e. The van der Waals surface area contributed by atoms with Crippen LogP contribution in [-0.2, 0) is 11.3 Å². The average molecular weight is 373 g/mol. The molecule has 0 radical (unpaired) electrons. The van der Waals surface area contributed by atoms with Crippen molar-refractivity contribution in [1.82, 2.24) is 15.2 Å². The van der Waals surface area contributed by atoms with Crippen LogP contribution in [0.4, 0.5) is 0 Å². The van der Waals surface area contributed by atoms with E-state index in [9.17, 15) is 9.59 Å². The predicted molar refractivity (Wildman–Crippen MR) is 100 cm³/mol. The van der Waals surface area contributed by atoms with Crippen LogP contribution < -0.4 is 5.32 Å². The van der Waals surface area contributed by atoms with E-state index in [1.165, 1.54) is 11.8 Å². The van der Waals surface area contributed by atoms with Gasteiger partial charge in [-0.05, 0) is 44.4 Å². The Morgan fingerprint density at radius 2 is 1.88 bits per heavy atom. The second kappa shape index (κ2) is 8.40. The monoisotopic (exact) mass is 373 g/mol. The molecule has 0 aliphatic carbocycles. The molecular formula is C19H23N3O3S. The number of oxazole rings is 1. The second-order valence-corrected chi connectivity index (χ2v) is 7.31. The first kappa shape index (κ1) is 18.5. The molecule has 1 aliphatic rings. The molecule has 2 heterocycles. The van der Waals surface area contributed by atoms with Gasteiger partial charge in [-0.3, -0.25) is 9.59 Å². The zero-order chi connectivity index (χ0) is 18.5. The zero-order valence-electron chi connectivity index (χ0n) is 15.1. The molecule has 138 valence electrons. The number of aryl methyl sites for hydroxylation is 2. The molecule has 0 spiro atoms. The molecule has 1 N–H and O–H groups in total. The molecule has 0 atom stereocenters. The predicted octanol–water partition coefficient (Wildman–Crippen LogP) is 2.94. The van der Waals surface area contributed by atoms with Crippen LogP contribution in [0.1, 0.15) is 40.2 Å². The lowest BCUT2D eigenvalue weighted by atomic mass is 10.1. The number of amides is 2. The Bertz CT molecular complexity index is 760. The third kappa shape index (κ3) is 4.66. The third-order valence-corrected chi connectivity index (χ3v) is 5.25. The number of hydrogen-bond acceptors (Lipinski definition) is 5. The van der Waals surface area contributed by atoms with E-state index in [1.54, 1.807) is 0 Å². The molecule has 1 fully saturated rings. The lowest BCUT2D eigenvalue weighted by Gasteiger charge is -2.15. The minimum Gasteiger partial charge on any atom is -0.437 e. The fourth-order valence-corrected chi connectivity index (χ4v) is 3.49. The maximum absolute atomic E-state index is 12.3. The summed E-state index contributed by atoms with van der Waals surface area (Å²) in [5.41, 5.74) is 2.51. The van der Waals surface area contributed by atoms with Crippen LogP contribution in [0.5, 0.6) is 0 Å². The first-order valence-electron chi connectivity index (χ1n) is 8.74. The fourth-order valence-electron chi connectivity index (χ4n) is 2.75. The van der Waals surface area contributed by atoms with Crippen LogP contribution in [0.2, 0.25) is 0 Å². The highest BCUT2D eigenvalue weighted by Gasteiger charge is 2.19. The van der Waals surface area contributed by atoms with E-state index in [-0.39, 0.29) is 17.6 Å². The SMILES string of the molecule is Cc1nc(SCC(=O)NCc2ccc(C(=O)N3CCCC3)cc2)oc1C. The quantitative estimate of drug-likeness (QED) is 0.788. The number of carbonyl (C=O) groups is 2. The van der Waals surface area contributed by atoms with E-state index in [1.807, 2.05) is 43.0 Å². The van der Waals surface area contributed by atoms with Gasteiger partial charge in [0.2, 0.25) is 5.91 Å². The molecule has 0 unspecified atom stereocenters. The Morgan fingerprint density at radius 1 is 1.19 bits per heavy atom. The summed E-state index contributed by atoms with van der Waals surface area (Å²) in [6.07, 6.45) is 2.17. The minimum atomic E-state index is -0.0827. The Hall–Kier alpha value is -2.28. The Balaban J connectivity index is 1.45. The van der Waals surface area contributed by atoms with Crippen LogP contribution >= 0.6 is 11.8 Å². The molecule has 3 rings (SSSR count). The van der Waals surface area contributed by atoms with Crippen LogP contribution in [0.15, 0.2) is 33.9 Å². The highest BCUT2D eigenvalue weighted by molar-refractivity contribution is 7.99. The number of hydrogen-bond donors (Lipinski definition) is 1. The van der Waals surface area contributed by atoms with Gasteiger partial charge in [0.1, 0.15) is 5.76 Å². The largest absolute Gasteiger partial charge is 0.437 e. The molecule has 0 bridgehead atoms. The number of aromatic nitrogens is 1. The van der Waals surface area contributed by atoms with Gasteiger partial charge in [0.25, 0.3) is 11.1 Å². The van der Waals surface area contributed by atoms with Crippen LogP contribution in [0.25, 0.3) is 0 Å². The van der Waals surface area contributed by atoms with Crippen LogP contribution in [0, 0.1) is 13.8 Å². The maximum Gasteiger partial charge on any atom is 0.256 e. The van der Waals surface area contributed by atoms with Crippen molar-refractivity contribution >= 4 is 23.6 Å². The summed E-state index contributed by atoms with van der Waals surface area (Å²) in [5, 5.41) is 3.38. The van der Waals surface area contributed by atoms with E-state index < -0.39 is 0 Å². The van der Waals surface area contributed by atoms with Gasteiger partial charge >= 0.3 is 0 Å². The highest BCUT2D eigenvalue weighted by Crippen LogP contribution is 2.19. The normalized spacial score (nSPS) is 13.8. The minimum absolute atomic E-state index is 0.0827. The summed E-state index contributed by atoms with van der Waals surface area (Å²) >= 11 is 1.28. The molecule has 7 heteroatoms. The summed E-state index contributed by atoms with van der Waals surface area (Å²) in [4.78, 5) is 30.4. The van der Waals surface area contributed by atoms with Crippen molar-refractivity contribution in [1.29, 1.82) is 0 Å². The number of likely N-dealkylation sites (tertiary alicyclic amines) is 1. The van der Waals surface area contributed by atoms with Crippen molar-refractivity contribution in [3.63, 3.8) is 0 Å². The summed E-state index contributed by atoms with van der Waals surface area (Å²) in [6.45, 7) is 5.85.